The van der Waals surface area contributed by atoms with Crippen molar-refractivity contribution in [2.24, 2.45) is 0 Å². The van der Waals surface area contributed by atoms with Gasteiger partial charge in [-0.15, -0.1) is 6.58 Å². The average molecular weight is 231 g/mol. The second-order valence-electron chi connectivity index (χ2n) is 5.28. The van der Waals surface area contributed by atoms with Crippen molar-refractivity contribution in [1.82, 2.24) is 0 Å². The van der Waals surface area contributed by atoms with Gasteiger partial charge in [-0.3, -0.25) is 0 Å². The van der Waals surface area contributed by atoms with Crippen molar-refractivity contribution < 1.29 is 4.74 Å². The molecule has 17 heavy (non-hydrogen) atoms. The molecule has 0 bridgehead atoms. The van der Waals surface area contributed by atoms with E-state index in [4.69, 9.17) is 4.74 Å². The number of benzene rings is 1. The van der Waals surface area contributed by atoms with Gasteiger partial charge in [-0.25, -0.2) is 0 Å². The predicted molar refractivity (Wildman–Crippen MR) is 74.5 cm³/mol. The Bertz CT molecular complexity index is 385. The van der Waals surface area contributed by atoms with Crippen LogP contribution in [0.1, 0.15) is 45.7 Å². The van der Waals surface area contributed by atoms with E-state index in [1.54, 1.807) is 0 Å². The summed E-state index contributed by atoms with van der Waals surface area (Å²) in [7, 11) is 0. The summed E-state index contributed by atoms with van der Waals surface area (Å²) >= 11 is 0. The third-order valence-electron chi connectivity index (χ3n) is 2.85. The van der Waals surface area contributed by atoms with Gasteiger partial charge < -0.3 is 4.74 Å². The van der Waals surface area contributed by atoms with Gasteiger partial charge in [0, 0.05) is 5.92 Å². The maximum Gasteiger partial charge on any atom is 0.123 e. The van der Waals surface area contributed by atoms with Crippen molar-refractivity contribution in [2.45, 2.75) is 40.0 Å². The fraction of sp³-hybridized carbons (Fsp3) is 0.438. The van der Waals surface area contributed by atoms with E-state index >= 15 is 0 Å². The summed E-state index contributed by atoms with van der Waals surface area (Å²) < 4.78 is 5.75. The van der Waals surface area contributed by atoms with Gasteiger partial charge in [-0.1, -0.05) is 45.9 Å². The molecule has 0 saturated heterocycles. The molecule has 0 amide bonds. The summed E-state index contributed by atoms with van der Waals surface area (Å²) in [5.41, 5.74) is 2.53. The molecule has 0 spiro atoms. The second-order valence-corrected chi connectivity index (χ2v) is 5.28. The number of allylic oxidation sites excluding steroid dienone is 1. The maximum atomic E-state index is 5.75. The quantitative estimate of drug-likeness (QED) is 0.740. The molecule has 1 radical (unpaired) electrons. The topological polar surface area (TPSA) is 9.23 Å². The molecule has 0 unspecified atom stereocenters. The van der Waals surface area contributed by atoms with Gasteiger partial charge in [0.05, 0.1) is 6.61 Å². The molecule has 1 aromatic carbocycles. The van der Waals surface area contributed by atoms with Crippen LogP contribution in [0, 0.1) is 5.92 Å². The Labute approximate surface area is 106 Å². The third-order valence-corrected chi connectivity index (χ3v) is 2.85. The zero-order valence-corrected chi connectivity index (χ0v) is 11.6. The molecule has 0 aliphatic rings. The number of rotatable bonds is 4. The molecule has 0 aliphatic heterocycles. The van der Waals surface area contributed by atoms with Crippen LogP contribution in [0.4, 0.5) is 0 Å². The summed E-state index contributed by atoms with van der Waals surface area (Å²) in [5, 5.41) is 0. The Balaban J connectivity index is 3.21. The lowest BCUT2D eigenvalue weighted by atomic mass is 9.85. The Hall–Kier alpha value is -1.24. The lowest BCUT2D eigenvalue weighted by molar-refractivity contribution is 0.329. The summed E-state index contributed by atoms with van der Waals surface area (Å²) in [6.07, 6.45) is 1.88. The minimum Gasteiger partial charge on any atom is -0.494 e. The summed E-state index contributed by atoms with van der Waals surface area (Å²) in [4.78, 5) is 0. The van der Waals surface area contributed by atoms with Gasteiger partial charge in [-0.2, -0.15) is 0 Å². The monoisotopic (exact) mass is 231 g/mol. The van der Waals surface area contributed by atoms with E-state index in [1.165, 1.54) is 17.0 Å². The maximum absolute atomic E-state index is 5.75. The molecule has 93 valence electrons. The summed E-state index contributed by atoms with van der Waals surface area (Å²) in [6.45, 7) is 15.2. The van der Waals surface area contributed by atoms with Crippen LogP contribution in [0.25, 0.3) is 0 Å². The Morgan fingerprint density at radius 3 is 2.47 bits per heavy atom. The van der Waals surface area contributed by atoms with Gasteiger partial charge in [0.25, 0.3) is 0 Å². The molecular formula is C16H23O. The Morgan fingerprint density at radius 2 is 2.00 bits per heavy atom. The van der Waals surface area contributed by atoms with Crippen molar-refractivity contribution in [3.63, 3.8) is 0 Å². The molecule has 0 N–H and O–H groups in total. The largest absolute Gasteiger partial charge is 0.494 e. The van der Waals surface area contributed by atoms with Crippen molar-refractivity contribution >= 4 is 0 Å². The lowest BCUT2D eigenvalue weighted by Crippen LogP contribution is -2.14. The van der Waals surface area contributed by atoms with Gasteiger partial charge >= 0.3 is 0 Å². The van der Waals surface area contributed by atoms with Crippen LogP contribution < -0.4 is 4.74 Å². The van der Waals surface area contributed by atoms with E-state index in [2.05, 4.69) is 52.5 Å². The zero-order valence-electron chi connectivity index (χ0n) is 11.6. The number of hydrogen-bond acceptors (Lipinski definition) is 1. The van der Waals surface area contributed by atoms with Gasteiger partial charge in [0.2, 0.25) is 0 Å². The molecule has 0 aliphatic carbocycles. The highest BCUT2D eigenvalue weighted by atomic mass is 16.5. The first-order valence-corrected chi connectivity index (χ1v) is 6.13. The first-order chi connectivity index (χ1) is 7.90. The van der Waals surface area contributed by atoms with E-state index in [0.717, 1.165) is 5.75 Å². The fourth-order valence-corrected chi connectivity index (χ4v) is 1.78. The van der Waals surface area contributed by atoms with Crippen LogP contribution in [0.15, 0.2) is 30.9 Å². The second kappa shape index (κ2) is 5.39. The molecule has 1 rings (SSSR count). The molecule has 0 atom stereocenters. The van der Waals surface area contributed by atoms with Crippen LogP contribution >= 0.6 is 0 Å². The molecule has 0 fully saturated rings. The smallest absolute Gasteiger partial charge is 0.123 e. The van der Waals surface area contributed by atoms with Crippen molar-refractivity contribution in [1.29, 1.82) is 0 Å². The van der Waals surface area contributed by atoms with Crippen LogP contribution in [0.2, 0.25) is 0 Å². The van der Waals surface area contributed by atoms with Crippen LogP contribution in [-0.2, 0) is 5.41 Å². The van der Waals surface area contributed by atoms with Gasteiger partial charge in [0.15, 0.2) is 0 Å². The fourth-order valence-electron chi connectivity index (χ4n) is 1.78. The highest BCUT2D eigenvalue weighted by molar-refractivity contribution is 5.47. The molecule has 0 saturated carbocycles. The van der Waals surface area contributed by atoms with Gasteiger partial charge in [-0.05, 0) is 29.5 Å². The van der Waals surface area contributed by atoms with E-state index in [9.17, 15) is 0 Å². The third kappa shape index (κ3) is 3.36. The first-order valence-electron chi connectivity index (χ1n) is 6.13. The summed E-state index contributed by atoms with van der Waals surface area (Å²) in [6, 6.07) is 6.41. The Morgan fingerprint density at radius 1 is 1.35 bits per heavy atom. The molecule has 1 heteroatoms. The molecule has 0 aromatic heterocycles. The normalized spacial score (nSPS) is 11.6. The molecule has 1 aromatic rings. The highest BCUT2D eigenvalue weighted by Gasteiger charge is 2.19. The van der Waals surface area contributed by atoms with Crippen LogP contribution in [0.3, 0.4) is 0 Å². The van der Waals surface area contributed by atoms with Gasteiger partial charge in [0.1, 0.15) is 5.75 Å². The average Bonchev–Trinajstić information content (AvgIpc) is 2.27. The highest BCUT2D eigenvalue weighted by Crippen LogP contribution is 2.33. The molecule has 1 nitrogen and oxygen atoms in total. The first kappa shape index (κ1) is 13.8. The predicted octanol–water partition coefficient (Wildman–Crippen LogP) is 4.51. The van der Waals surface area contributed by atoms with Crippen LogP contribution in [0.5, 0.6) is 5.75 Å². The standard InChI is InChI=1S/C16H23O/c1-7-12(3)13-9-10-14(16(4,5)6)15(11-13)17-8-2/h7,9-11H,1,8H2,2-6H3. The van der Waals surface area contributed by atoms with E-state index < -0.39 is 0 Å². The lowest BCUT2D eigenvalue weighted by Gasteiger charge is -2.23. The molecular weight excluding hydrogens is 208 g/mol. The van der Waals surface area contributed by atoms with E-state index in [0.29, 0.717) is 6.61 Å². The van der Waals surface area contributed by atoms with Crippen molar-refractivity contribution in [2.75, 3.05) is 6.61 Å². The van der Waals surface area contributed by atoms with E-state index in [1.807, 2.05) is 13.0 Å². The minimum absolute atomic E-state index is 0.102. The Kier molecular flexibility index (Phi) is 4.39. The van der Waals surface area contributed by atoms with E-state index in [-0.39, 0.29) is 5.41 Å². The summed E-state index contributed by atoms with van der Waals surface area (Å²) in [5.74, 6) is 2.16. The number of hydrogen-bond donors (Lipinski definition) is 0. The number of ether oxygens (including phenoxy) is 1. The van der Waals surface area contributed by atoms with Crippen molar-refractivity contribution in [3.05, 3.63) is 47.9 Å². The minimum atomic E-state index is 0.102. The molecule has 0 heterocycles. The SMILES string of the molecule is C=C[C](C)c1ccc(C(C)(C)C)c(OCC)c1. The van der Waals surface area contributed by atoms with Crippen LogP contribution in [-0.4, -0.2) is 6.61 Å². The van der Waals surface area contributed by atoms with Crippen molar-refractivity contribution in [3.8, 4) is 5.75 Å². The zero-order chi connectivity index (χ0) is 13.1.